The van der Waals surface area contributed by atoms with Crippen molar-refractivity contribution >= 4 is 5.97 Å². The summed E-state index contributed by atoms with van der Waals surface area (Å²) in [4.78, 5) is 10.8. The maximum Gasteiger partial charge on any atom is 0.305 e. The monoisotopic (exact) mass is 210 g/mol. The fourth-order valence-corrected chi connectivity index (χ4v) is 1.30. The van der Waals surface area contributed by atoms with Gasteiger partial charge in [-0.1, -0.05) is 0 Å². The molecule has 4 nitrogen and oxygen atoms in total. The van der Waals surface area contributed by atoms with Crippen LogP contribution in [-0.2, 0) is 16.0 Å². The molecule has 0 aliphatic carbocycles. The van der Waals surface area contributed by atoms with Crippen molar-refractivity contribution in [3.63, 3.8) is 0 Å². The van der Waals surface area contributed by atoms with E-state index in [1.807, 2.05) is 0 Å². The van der Waals surface area contributed by atoms with E-state index >= 15 is 0 Å². The summed E-state index contributed by atoms with van der Waals surface area (Å²) in [5.41, 5.74) is 0.638. The summed E-state index contributed by atoms with van der Waals surface area (Å²) < 4.78 is 4.49. The topological polar surface area (TPSA) is 66.8 Å². The van der Waals surface area contributed by atoms with Gasteiger partial charge >= 0.3 is 5.97 Å². The van der Waals surface area contributed by atoms with Crippen LogP contribution in [0.15, 0.2) is 18.2 Å². The second-order valence-electron chi connectivity index (χ2n) is 3.24. The number of hydrogen-bond acceptors (Lipinski definition) is 4. The van der Waals surface area contributed by atoms with Crippen molar-refractivity contribution in [2.45, 2.75) is 19.3 Å². The van der Waals surface area contributed by atoms with Gasteiger partial charge in [-0.05, 0) is 36.6 Å². The van der Waals surface area contributed by atoms with Crippen LogP contribution >= 0.6 is 0 Å². The SMILES string of the molecule is COC(=O)CCCc1cc(O)ccc1O. The van der Waals surface area contributed by atoms with E-state index in [2.05, 4.69) is 4.74 Å². The molecular weight excluding hydrogens is 196 g/mol. The number of benzene rings is 1. The Kier molecular flexibility index (Phi) is 3.97. The van der Waals surface area contributed by atoms with Crippen molar-refractivity contribution in [2.24, 2.45) is 0 Å². The van der Waals surface area contributed by atoms with Crippen molar-refractivity contribution < 1.29 is 19.7 Å². The molecule has 0 bridgehead atoms. The zero-order valence-electron chi connectivity index (χ0n) is 8.56. The molecule has 0 atom stereocenters. The lowest BCUT2D eigenvalue weighted by Gasteiger charge is -2.04. The van der Waals surface area contributed by atoms with Gasteiger partial charge in [0, 0.05) is 6.42 Å². The van der Waals surface area contributed by atoms with E-state index in [0.717, 1.165) is 0 Å². The van der Waals surface area contributed by atoms with Gasteiger partial charge < -0.3 is 14.9 Å². The molecule has 0 fully saturated rings. The standard InChI is InChI=1S/C11H14O4/c1-15-11(14)4-2-3-8-7-9(12)5-6-10(8)13/h5-7,12-13H,2-4H2,1H3. The average molecular weight is 210 g/mol. The molecular formula is C11H14O4. The molecule has 82 valence electrons. The molecule has 1 rings (SSSR count). The first-order valence-corrected chi connectivity index (χ1v) is 4.71. The lowest BCUT2D eigenvalue weighted by Crippen LogP contribution is -2.00. The third-order valence-corrected chi connectivity index (χ3v) is 2.12. The van der Waals surface area contributed by atoms with Crippen LogP contribution in [-0.4, -0.2) is 23.3 Å². The van der Waals surface area contributed by atoms with Gasteiger partial charge in [0.05, 0.1) is 7.11 Å². The van der Waals surface area contributed by atoms with Crippen molar-refractivity contribution in [3.8, 4) is 11.5 Å². The Hall–Kier alpha value is -1.71. The number of aryl methyl sites for hydroxylation is 1. The van der Waals surface area contributed by atoms with Crippen molar-refractivity contribution in [3.05, 3.63) is 23.8 Å². The Labute approximate surface area is 88.1 Å². The van der Waals surface area contributed by atoms with Gasteiger partial charge in [0.25, 0.3) is 0 Å². The molecule has 0 aliphatic heterocycles. The van der Waals surface area contributed by atoms with Crippen molar-refractivity contribution in [2.75, 3.05) is 7.11 Å². The van der Waals surface area contributed by atoms with Gasteiger partial charge in [-0.3, -0.25) is 4.79 Å². The van der Waals surface area contributed by atoms with Crippen LogP contribution in [0.25, 0.3) is 0 Å². The quantitative estimate of drug-likeness (QED) is 0.585. The Morgan fingerprint density at radius 3 is 2.80 bits per heavy atom. The maximum atomic E-state index is 10.8. The van der Waals surface area contributed by atoms with Crippen LogP contribution in [0.3, 0.4) is 0 Å². The molecule has 0 unspecified atom stereocenters. The molecule has 0 saturated carbocycles. The summed E-state index contributed by atoms with van der Waals surface area (Å²) in [5.74, 6) is -0.0202. The molecule has 0 aliphatic rings. The Morgan fingerprint density at radius 2 is 2.13 bits per heavy atom. The molecule has 1 aromatic rings. The van der Waals surface area contributed by atoms with Gasteiger partial charge in [0.2, 0.25) is 0 Å². The Bertz CT molecular complexity index is 346. The molecule has 0 spiro atoms. The highest BCUT2D eigenvalue weighted by molar-refractivity contribution is 5.69. The minimum Gasteiger partial charge on any atom is -0.508 e. The summed E-state index contributed by atoms with van der Waals surface area (Å²) in [6.07, 6.45) is 1.44. The minimum atomic E-state index is -0.269. The summed E-state index contributed by atoms with van der Waals surface area (Å²) >= 11 is 0. The third-order valence-electron chi connectivity index (χ3n) is 2.12. The zero-order chi connectivity index (χ0) is 11.3. The fraction of sp³-hybridized carbons (Fsp3) is 0.364. The first kappa shape index (κ1) is 11.4. The molecule has 0 amide bonds. The summed E-state index contributed by atoms with van der Waals surface area (Å²) in [5, 5.41) is 18.6. The number of phenols is 2. The van der Waals surface area contributed by atoms with Crippen molar-refractivity contribution in [1.82, 2.24) is 0 Å². The smallest absolute Gasteiger partial charge is 0.305 e. The molecule has 4 heteroatoms. The number of rotatable bonds is 4. The molecule has 0 heterocycles. The predicted octanol–water partition coefficient (Wildman–Crippen LogP) is 1.59. The van der Waals surface area contributed by atoms with E-state index < -0.39 is 0 Å². The van der Waals surface area contributed by atoms with Crippen LogP contribution < -0.4 is 0 Å². The number of hydrogen-bond donors (Lipinski definition) is 2. The first-order chi connectivity index (χ1) is 7.13. The predicted molar refractivity (Wildman–Crippen MR) is 54.7 cm³/mol. The molecule has 0 aromatic heterocycles. The molecule has 0 radical (unpaired) electrons. The van der Waals surface area contributed by atoms with E-state index in [4.69, 9.17) is 0 Å². The second-order valence-corrected chi connectivity index (χ2v) is 3.24. The number of esters is 1. The number of aromatic hydroxyl groups is 2. The Morgan fingerprint density at radius 1 is 1.40 bits per heavy atom. The molecule has 15 heavy (non-hydrogen) atoms. The zero-order valence-corrected chi connectivity index (χ0v) is 8.56. The number of carbonyl (C=O) groups excluding carboxylic acids is 1. The lowest BCUT2D eigenvalue weighted by molar-refractivity contribution is -0.140. The number of carbonyl (C=O) groups is 1. The summed E-state index contributed by atoms with van der Waals surface area (Å²) in [6, 6.07) is 4.34. The minimum absolute atomic E-state index is 0.112. The highest BCUT2D eigenvalue weighted by Crippen LogP contribution is 2.23. The molecule has 1 aromatic carbocycles. The highest BCUT2D eigenvalue weighted by atomic mass is 16.5. The highest BCUT2D eigenvalue weighted by Gasteiger charge is 2.04. The van der Waals surface area contributed by atoms with Gasteiger partial charge in [0.15, 0.2) is 0 Å². The van der Waals surface area contributed by atoms with Crippen LogP contribution in [0.4, 0.5) is 0 Å². The normalized spacial score (nSPS) is 9.93. The molecule has 0 saturated heterocycles. The fourth-order valence-electron chi connectivity index (χ4n) is 1.30. The van der Waals surface area contributed by atoms with Gasteiger partial charge in [-0.25, -0.2) is 0 Å². The van der Waals surface area contributed by atoms with E-state index in [0.29, 0.717) is 24.8 Å². The number of methoxy groups -OCH3 is 1. The van der Waals surface area contributed by atoms with Gasteiger partial charge in [0.1, 0.15) is 11.5 Å². The lowest BCUT2D eigenvalue weighted by atomic mass is 10.1. The average Bonchev–Trinajstić information content (AvgIpc) is 2.23. The molecule has 2 N–H and O–H groups in total. The largest absolute Gasteiger partial charge is 0.508 e. The van der Waals surface area contributed by atoms with Crippen LogP contribution in [0.1, 0.15) is 18.4 Å². The van der Waals surface area contributed by atoms with Crippen LogP contribution in [0.5, 0.6) is 11.5 Å². The van der Waals surface area contributed by atoms with E-state index in [1.54, 1.807) is 0 Å². The summed E-state index contributed by atoms with van der Waals surface area (Å²) in [6.45, 7) is 0. The van der Waals surface area contributed by atoms with Crippen molar-refractivity contribution in [1.29, 1.82) is 0 Å². The maximum absolute atomic E-state index is 10.8. The van der Waals surface area contributed by atoms with Crippen LogP contribution in [0.2, 0.25) is 0 Å². The van der Waals surface area contributed by atoms with Gasteiger partial charge in [-0.2, -0.15) is 0 Å². The second kappa shape index (κ2) is 5.24. The number of ether oxygens (including phenoxy) is 1. The van der Waals surface area contributed by atoms with Gasteiger partial charge in [-0.15, -0.1) is 0 Å². The van der Waals surface area contributed by atoms with E-state index in [1.165, 1.54) is 25.3 Å². The third kappa shape index (κ3) is 3.50. The number of phenolic OH excluding ortho intramolecular Hbond substituents is 2. The van der Waals surface area contributed by atoms with E-state index in [9.17, 15) is 15.0 Å². The van der Waals surface area contributed by atoms with E-state index in [-0.39, 0.29) is 17.5 Å². The summed E-state index contributed by atoms with van der Waals surface area (Å²) in [7, 11) is 1.34. The van der Waals surface area contributed by atoms with Crippen LogP contribution in [0, 0.1) is 0 Å². The first-order valence-electron chi connectivity index (χ1n) is 4.71. The Balaban J connectivity index is 2.50.